The van der Waals surface area contributed by atoms with Gasteiger partial charge in [0, 0.05) is 29.5 Å². The maximum absolute atomic E-state index is 12.7. The molecule has 1 heterocycles. The molecule has 0 bridgehead atoms. The topological polar surface area (TPSA) is 92.6 Å². The Morgan fingerprint density at radius 2 is 1.81 bits per heavy atom. The zero-order valence-electron chi connectivity index (χ0n) is 15.5. The molecule has 2 amide bonds. The second-order valence-electron chi connectivity index (χ2n) is 6.85. The van der Waals surface area contributed by atoms with Crippen molar-refractivity contribution in [2.75, 3.05) is 16.8 Å². The summed E-state index contributed by atoms with van der Waals surface area (Å²) in [5, 5.41) is 13.7. The van der Waals surface area contributed by atoms with E-state index in [0.29, 0.717) is 24.2 Å². The number of amides is 2. The van der Waals surface area contributed by atoms with Crippen LogP contribution in [0.2, 0.25) is 0 Å². The normalized spacial score (nSPS) is 16.5. The molecule has 7 nitrogen and oxygen atoms in total. The van der Waals surface area contributed by atoms with Crippen molar-refractivity contribution in [2.45, 2.75) is 27.2 Å². The maximum Gasteiger partial charge on any atom is 0.274 e. The number of benzene rings is 2. The van der Waals surface area contributed by atoms with Crippen molar-refractivity contribution in [1.29, 1.82) is 0 Å². The highest BCUT2D eigenvalue weighted by Gasteiger charge is 2.37. The van der Waals surface area contributed by atoms with Crippen molar-refractivity contribution in [3.05, 3.63) is 63.2 Å². The number of nitrogens with one attached hydrogen (secondary N) is 1. The number of hydrogen-bond acceptors (Lipinski definition) is 4. The first-order valence-corrected chi connectivity index (χ1v) is 8.72. The van der Waals surface area contributed by atoms with Gasteiger partial charge in [0.2, 0.25) is 11.8 Å². The summed E-state index contributed by atoms with van der Waals surface area (Å²) in [6, 6.07) is 10.3. The van der Waals surface area contributed by atoms with Crippen LogP contribution in [0.4, 0.5) is 17.1 Å². The predicted molar refractivity (Wildman–Crippen MR) is 103 cm³/mol. The number of nitro benzene ring substituents is 1. The number of nitrogens with zero attached hydrogens (tertiary/aromatic N) is 2. The first-order valence-electron chi connectivity index (χ1n) is 8.72. The highest BCUT2D eigenvalue weighted by Crippen LogP contribution is 2.28. The van der Waals surface area contributed by atoms with Gasteiger partial charge < -0.3 is 10.2 Å². The van der Waals surface area contributed by atoms with Crippen LogP contribution in [0, 0.1) is 36.8 Å². The molecular weight excluding hydrogens is 346 g/mol. The summed E-state index contributed by atoms with van der Waals surface area (Å²) in [4.78, 5) is 37.5. The molecule has 1 fully saturated rings. The van der Waals surface area contributed by atoms with Gasteiger partial charge >= 0.3 is 0 Å². The van der Waals surface area contributed by atoms with Crippen LogP contribution in [0.25, 0.3) is 0 Å². The maximum atomic E-state index is 12.7. The zero-order valence-corrected chi connectivity index (χ0v) is 15.5. The molecule has 0 spiro atoms. The fourth-order valence-electron chi connectivity index (χ4n) is 3.19. The quantitative estimate of drug-likeness (QED) is 0.508. The smallest absolute Gasteiger partial charge is 0.274 e. The fraction of sp³-hybridized carbons (Fsp3) is 0.300. The van der Waals surface area contributed by atoms with E-state index in [0.717, 1.165) is 16.8 Å². The Bertz CT molecular complexity index is 939. The summed E-state index contributed by atoms with van der Waals surface area (Å²) >= 11 is 0. The van der Waals surface area contributed by atoms with Crippen LogP contribution in [0.3, 0.4) is 0 Å². The second kappa shape index (κ2) is 7.19. The van der Waals surface area contributed by atoms with Gasteiger partial charge in [-0.25, -0.2) is 0 Å². The molecule has 1 aliphatic rings. The Morgan fingerprint density at radius 3 is 2.48 bits per heavy atom. The van der Waals surface area contributed by atoms with E-state index in [-0.39, 0.29) is 11.6 Å². The Morgan fingerprint density at radius 1 is 1.11 bits per heavy atom. The molecule has 7 heteroatoms. The summed E-state index contributed by atoms with van der Waals surface area (Å²) in [7, 11) is 0. The summed E-state index contributed by atoms with van der Waals surface area (Å²) in [6.45, 7) is 6.08. The highest BCUT2D eigenvalue weighted by atomic mass is 16.6. The molecule has 1 aliphatic heterocycles. The van der Waals surface area contributed by atoms with Gasteiger partial charge in [0.25, 0.3) is 5.69 Å². The minimum absolute atomic E-state index is 0.0673. The van der Waals surface area contributed by atoms with Gasteiger partial charge in [-0.2, -0.15) is 0 Å². The van der Waals surface area contributed by atoms with Crippen LogP contribution >= 0.6 is 0 Å². The molecule has 2 aromatic rings. The lowest BCUT2D eigenvalue weighted by Gasteiger charge is -2.18. The molecule has 0 saturated carbocycles. The Hall–Kier alpha value is -3.22. The number of rotatable bonds is 4. The molecule has 1 atom stereocenters. The Kier molecular flexibility index (Phi) is 4.94. The standard InChI is InChI=1S/C20H21N3O4/c1-12-5-7-16(10-14(12)3)22-9-8-17(20(22)25)19(24)21-15-6-4-13(2)18(11-15)23(26)27/h4-7,10-11,17H,8-9H2,1-3H3,(H,21,24). The molecule has 1 saturated heterocycles. The lowest BCUT2D eigenvalue weighted by atomic mass is 10.1. The van der Waals surface area contributed by atoms with Crippen LogP contribution < -0.4 is 10.2 Å². The van der Waals surface area contributed by atoms with Crippen molar-refractivity contribution < 1.29 is 14.5 Å². The largest absolute Gasteiger partial charge is 0.325 e. The van der Waals surface area contributed by atoms with E-state index in [2.05, 4.69) is 5.32 Å². The summed E-state index contributed by atoms with van der Waals surface area (Å²) in [5.74, 6) is -1.49. The average Bonchev–Trinajstić information content (AvgIpc) is 3.00. The Balaban J connectivity index is 1.75. The molecule has 2 aromatic carbocycles. The van der Waals surface area contributed by atoms with E-state index in [1.807, 2.05) is 32.0 Å². The van der Waals surface area contributed by atoms with Gasteiger partial charge in [0.15, 0.2) is 0 Å². The van der Waals surface area contributed by atoms with E-state index < -0.39 is 16.7 Å². The summed E-state index contributed by atoms with van der Waals surface area (Å²) < 4.78 is 0. The van der Waals surface area contributed by atoms with Crippen molar-refractivity contribution in [3.8, 4) is 0 Å². The number of anilines is 2. The molecule has 140 valence electrons. The summed E-state index contributed by atoms with van der Waals surface area (Å²) in [5.41, 5.74) is 3.76. The van der Waals surface area contributed by atoms with Crippen LogP contribution in [0.1, 0.15) is 23.1 Å². The van der Waals surface area contributed by atoms with Crippen molar-refractivity contribution in [1.82, 2.24) is 0 Å². The van der Waals surface area contributed by atoms with Gasteiger partial charge in [-0.05, 0) is 56.5 Å². The number of hydrogen-bond donors (Lipinski definition) is 1. The van der Waals surface area contributed by atoms with Crippen LogP contribution in [0.15, 0.2) is 36.4 Å². The van der Waals surface area contributed by atoms with Gasteiger partial charge in [0.05, 0.1) is 4.92 Å². The van der Waals surface area contributed by atoms with Crippen molar-refractivity contribution in [3.63, 3.8) is 0 Å². The monoisotopic (exact) mass is 367 g/mol. The third kappa shape index (κ3) is 3.67. The van der Waals surface area contributed by atoms with Gasteiger partial charge in [-0.3, -0.25) is 19.7 Å². The van der Waals surface area contributed by atoms with Crippen LogP contribution in [-0.2, 0) is 9.59 Å². The minimum atomic E-state index is -0.799. The van der Waals surface area contributed by atoms with E-state index >= 15 is 0 Å². The van der Waals surface area contributed by atoms with Crippen molar-refractivity contribution >= 4 is 28.9 Å². The van der Waals surface area contributed by atoms with Crippen LogP contribution in [0.5, 0.6) is 0 Å². The Labute approximate surface area is 157 Å². The lowest BCUT2D eigenvalue weighted by Crippen LogP contribution is -2.33. The second-order valence-corrected chi connectivity index (χ2v) is 6.85. The molecular formula is C20H21N3O4. The van der Waals surface area contributed by atoms with Crippen LogP contribution in [-0.4, -0.2) is 23.3 Å². The number of aryl methyl sites for hydroxylation is 3. The number of carbonyl (C=O) groups is 2. The van der Waals surface area contributed by atoms with E-state index in [1.165, 1.54) is 6.07 Å². The molecule has 27 heavy (non-hydrogen) atoms. The third-order valence-corrected chi connectivity index (χ3v) is 5.00. The predicted octanol–water partition coefficient (Wildman–Crippen LogP) is 3.51. The first kappa shape index (κ1) is 18.6. The number of nitro groups is 1. The molecule has 3 rings (SSSR count). The molecule has 0 radical (unpaired) electrons. The molecule has 0 aliphatic carbocycles. The highest BCUT2D eigenvalue weighted by molar-refractivity contribution is 6.13. The lowest BCUT2D eigenvalue weighted by molar-refractivity contribution is -0.385. The fourth-order valence-corrected chi connectivity index (χ4v) is 3.19. The van der Waals surface area contributed by atoms with E-state index in [1.54, 1.807) is 24.0 Å². The average molecular weight is 367 g/mol. The van der Waals surface area contributed by atoms with Gasteiger partial charge in [-0.15, -0.1) is 0 Å². The molecule has 1 N–H and O–H groups in total. The SMILES string of the molecule is Cc1ccc(N2CCC(C(=O)Nc3ccc(C)c([N+](=O)[O-])c3)C2=O)cc1C. The van der Waals surface area contributed by atoms with Crippen molar-refractivity contribution in [2.24, 2.45) is 5.92 Å². The van der Waals surface area contributed by atoms with E-state index in [9.17, 15) is 19.7 Å². The summed E-state index contributed by atoms with van der Waals surface area (Å²) in [6.07, 6.45) is 0.408. The molecule has 0 aromatic heterocycles. The number of carbonyl (C=O) groups excluding carboxylic acids is 2. The van der Waals surface area contributed by atoms with E-state index in [4.69, 9.17) is 0 Å². The van der Waals surface area contributed by atoms with Gasteiger partial charge in [0.1, 0.15) is 5.92 Å². The third-order valence-electron chi connectivity index (χ3n) is 5.00. The minimum Gasteiger partial charge on any atom is -0.325 e. The first-order chi connectivity index (χ1) is 12.8. The molecule has 1 unspecified atom stereocenters. The van der Waals surface area contributed by atoms with Gasteiger partial charge in [-0.1, -0.05) is 12.1 Å². The zero-order chi connectivity index (χ0) is 19.7.